The van der Waals surface area contributed by atoms with Gasteiger partial charge in [0.15, 0.2) is 0 Å². The second-order valence-corrected chi connectivity index (χ2v) is 4.34. The van der Waals surface area contributed by atoms with Crippen LogP contribution >= 0.6 is 0 Å². The Hall–Kier alpha value is -1.79. The lowest BCUT2D eigenvalue weighted by Crippen LogP contribution is -2.40. The molecule has 2 heterocycles. The molecule has 1 aliphatic rings. The zero-order chi connectivity index (χ0) is 13.3. The summed E-state index contributed by atoms with van der Waals surface area (Å²) in [5.41, 5.74) is 0.509. The molecule has 1 aromatic heterocycles. The summed E-state index contributed by atoms with van der Waals surface area (Å²) < 4.78 is 26.1. The highest BCUT2D eigenvalue weighted by Crippen LogP contribution is 2.29. The third-order valence-corrected chi connectivity index (χ3v) is 2.85. The van der Waals surface area contributed by atoms with Gasteiger partial charge in [-0.2, -0.15) is 0 Å². The molecule has 0 aromatic carbocycles. The van der Waals surface area contributed by atoms with Crippen molar-refractivity contribution in [1.82, 2.24) is 9.97 Å². The molecule has 0 bridgehead atoms. The lowest BCUT2D eigenvalue weighted by Gasteiger charge is -2.32. The summed E-state index contributed by atoms with van der Waals surface area (Å²) in [6.07, 6.45) is -0.475. The fraction of sp³-hybridized carbons (Fsp3) is 0.545. The van der Waals surface area contributed by atoms with Gasteiger partial charge in [0.2, 0.25) is 5.82 Å². The molecule has 0 atom stereocenters. The van der Waals surface area contributed by atoms with Crippen molar-refractivity contribution in [2.45, 2.75) is 25.7 Å². The number of halogens is 2. The first kappa shape index (κ1) is 12.7. The lowest BCUT2D eigenvalue weighted by molar-refractivity contribution is -0.0221. The minimum atomic E-state index is -2.63. The highest BCUT2D eigenvalue weighted by molar-refractivity contribution is 5.83. The normalized spacial score (nSPS) is 18.7. The number of carbonyl (C=O) groups is 1. The Kier molecular flexibility index (Phi) is 3.14. The van der Waals surface area contributed by atoms with Crippen LogP contribution in [-0.4, -0.2) is 40.1 Å². The number of carboxylic acids is 1. The summed E-state index contributed by atoms with van der Waals surface area (Å²) in [4.78, 5) is 20.1. The molecule has 1 saturated heterocycles. The van der Waals surface area contributed by atoms with Crippen molar-refractivity contribution in [2.24, 2.45) is 0 Å². The monoisotopic (exact) mass is 257 g/mol. The number of aryl methyl sites for hydroxylation is 1. The van der Waals surface area contributed by atoms with Gasteiger partial charge < -0.3 is 10.0 Å². The van der Waals surface area contributed by atoms with Crippen LogP contribution < -0.4 is 4.90 Å². The van der Waals surface area contributed by atoms with Gasteiger partial charge in [-0.3, -0.25) is 0 Å². The zero-order valence-electron chi connectivity index (χ0n) is 9.86. The fourth-order valence-corrected chi connectivity index (χ4v) is 1.87. The summed E-state index contributed by atoms with van der Waals surface area (Å²) in [5.74, 6) is -3.76. The Morgan fingerprint density at radius 1 is 1.39 bits per heavy atom. The third kappa shape index (κ3) is 2.72. The first-order chi connectivity index (χ1) is 8.37. The molecule has 0 aliphatic carbocycles. The Labute approximate surface area is 102 Å². The molecular weight excluding hydrogens is 244 g/mol. The summed E-state index contributed by atoms with van der Waals surface area (Å²) in [5, 5.41) is 8.85. The van der Waals surface area contributed by atoms with Gasteiger partial charge in [-0.05, 0) is 6.92 Å². The predicted octanol–water partition coefficient (Wildman–Crippen LogP) is 1.72. The van der Waals surface area contributed by atoms with E-state index in [0.29, 0.717) is 11.5 Å². The summed E-state index contributed by atoms with van der Waals surface area (Å²) in [6.45, 7) is 1.99. The van der Waals surface area contributed by atoms with Crippen molar-refractivity contribution < 1.29 is 18.7 Å². The van der Waals surface area contributed by atoms with Crippen molar-refractivity contribution in [3.05, 3.63) is 17.6 Å². The van der Waals surface area contributed by atoms with Crippen molar-refractivity contribution in [2.75, 3.05) is 18.0 Å². The van der Waals surface area contributed by atoms with Crippen LogP contribution in [0, 0.1) is 6.92 Å². The van der Waals surface area contributed by atoms with Crippen LogP contribution in [0.3, 0.4) is 0 Å². The summed E-state index contributed by atoms with van der Waals surface area (Å²) in [6, 6.07) is 1.61. The van der Waals surface area contributed by atoms with E-state index in [4.69, 9.17) is 5.11 Å². The SMILES string of the molecule is Cc1cc(N2CCC(F)(F)CC2)nc(C(=O)O)n1. The van der Waals surface area contributed by atoms with Crippen LogP contribution in [0.4, 0.5) is 14.6 Å². The molecule has 0 amide bonds. The van der Waals surface area contributed by atoms with Gasteiger partial charge in [-0.15, -0.1) is 0 Å². The van der Waals surface area contributed by atoms with E-state index in [1.54, 1.807) is 17.9 Å². The van der Waals surface area contributed by atoms with Crippen molar-refractivity contribution in [3.8, 4) is 0 Å². The van der Waals surface area contributed by atoms with E-state index in [-0.39, 0.29) is 31.8 Å². The maximum Gasteiger partial charge on any atom is 0.374 e. The van der Waals surface area contributed by atoms with Gasteiger partial charge in [0.25, 0.3) is 5.92 Å². The minimum absolute atomic E-state index is 0.169. The number of piperidine rings is 1. The maximum atomic E-state index is 13.0. The molecule has 18 heavy (non-hydrogen) atoms. The molecule has 0 spiro atoms. The van der Waals surface area contributed by atoms with E-state index >= 15 is 0 Å². The van der Waals surface area contributed by atoms with Crippen LogP contribution in [-0.2, 0) is 0 Å². The quantitative estimate of drug-likeness (QED) is 0.873. The number of nitrogens with zero attached hydrogens (tertiary/aromatic N) is 3. The van der Waals surface area contributed by atoms with Crippen LogP contribution in [0.1, 0.15) is 29.2 Å². The first-order valence-electron chi connectivity index (χ1n) is 5.59. The van der Waals surface area contributed by atoms with Gasteiger partial charge in [0, 0.05) is 37.7 Å². The number of rotatable bonds is 2. The number of anilines is 1. The Bertz CT molecular complexity index is 469. The molecule has 7 heteroatoms. The number of hydrogen-bond donors (Lipinski definition) is 1. The predicted molar refractivity (Wildman–Crippen MR) is 60.1 cm³/mol. The maximum absolute atomic E-state index is 13.0. The van der Waals surface area contributed by atoms with Gasteiger partial charge in [0.05, 0.1) is 0 Å². The molecule has 1 fully saturated rings. The van der Waals surface area contributed by atoms with Crippen molar-refractivity contribution in [3.63, 3.8) is 0 Å². The number of alkyl halides is 2. The van der Waals surface area contributed by atoms with E-state index in [9.17, 15) is 13.6 Å². The van der Waals surface area contributed by atoms with Gasteiger partial charge >= 0.3 is 5.97 Å². The van der Waals surface area contributed by atoms with Crippen LogP contribution in [0.25, 0.3) is 0 Å². The average molecular weight is 257 g/mol. The van der Waals surface area contributed by atoms with E-state index in [2.05, 4.69) is 9.97 Å². The molecule has 98 valence electrons. The molecule has 0 radical (unpaired) electrons. The third-order valence-electron chi connectivity index (χ3n) is 2.85. The second kappa shape index (κ2) is 4.47. The Morgan fingerprint density at radius 3 is 2.56 bits per heavy atom. The second-order valence-electron chi connectivity index (χ2n) is 4.34. The van der Waals surface area contributed by atoms with E-state index < -0.39 is 11.9 Å². The Morgan fingerprint density at radius 2 is 2.00 bits per heavy atom. The average Bonchev–Trinajstić information content (AvgIpc) is 2.28. The smallest absolute Gasteiger partial charge is 0.374 e. The summed E-state index contributed by atoms with van der Waals surface area (Å²) in [7, 11) is 0. The highest BCUT2D eigenvalue weighted by atomic mass is 19.3. The minimum Gasteiger partial charge on any atom is -0.475 e. The summed E-state index contributed by atoms with van der Waals surface area (Å²) >= 11 is 0. The number of aromatic carboxylic acids is 1. The molecular formula is C11H13F2N3O2. The number of carboxylic acid groups (broad SMARTS) is 1. The molecule has 0 saturated carbocycles. The van der Waals surface area contributed by atoms with E-state index in [0.717, 1.165) is 0 Å². The van der Waals surface area contributed by atoms with Crippen LogP contribution in [0.5, 0.6) is 0 Å². The van der Waals surface area contributed by atoms with Gasteiger partial charge in [-0.25, -0.2) is 23.5 Å². The van der Waals surface area contributed by atoms with Crippen molar-refractivity contribution >= 4 is 11.8 Å². The molecule has 1 aromatic rings. The molecule has 2 rings (SSSR count). The zero-order valence-corrected chi connectivity index (χ0v) is 9.86. The Balaban J connectivity index is 2.21. The largest absolute Gasteiger partial charge is 0.475 e. The van der Waals surface area contributed by atoms with E-state index in [1.165, 1.54) is 0 Å². The molecule has 1 N–H and O–H groups in total. The van der Waals surface area contributed by atoms with E-state index in [1.807, 2.05) is 0 Å². The fourth-order valence-electron chi connectivity index (χ4n) is 1.87. The highest BCUT2D eigenvalue weighted by Gasteiger charge is 2.34. The first-order valence-corrected chi connectivity index (χ1v) is 5.59. The topological polar surface area (TPSA) is 66.3 Å². The van der Waals surface area contributed by atoms with Crippen LogP contribution in [0.15, 0.2) is 6.07 Å². The number of hydrogen-bond acceptors (Lipinski definition) is 4. The van der Waals surface area contributed by atoms with Gasteiger partial charge in [0.1, 0.15) is 5.82 Å². The molecule has 5 nitrogen and oxygen atoms in total. The molecule has 1 aliphatic heterocycles. The lowest BCUT2D eigenvalue weighted by atomic mass is 10.1. The number of aromatic nitrogens is 2. The van der Waals surface area contributed by atoms with Gasteiger partial charge in [-0.1, -0.05) is 0 Å². The van der Waals surface area contributed by atoms with Crippen LogP contribution in [0.2, 0.25) is 0 Å². The van der Waals surface area contributed by atoms with Crippen molar-refractivity contribution in [1.29, 1.82) is 0 Å². The molecule has 0 unspecified atom stereocenters. The standard InChI is InChI=1S/C11H13F2N3O2/c1-7-6-8(15-9(14-7)10(17)18)16-4-2-11(12,13)3-5-16/h6H,2-5H2,1H3,(H,17,18).